The van der Waals surface area contributed by atoms with E-state index in [1.54, 1.807) is 6.92 Å². The van der Waals surface area contributed by atoms with Crippen LogP contribution in [0.3, 0.4) is 0 Å². The lowest BCUT2D eigenvalue weighted by Crippen LogP contribution is -2.51. The van der Waals surface area contributed by atoms with Gasteiger partial charge in [0.2, 0.25) is 5.89 Å². The molecule has 1 aliphatic heterocycles. The first-order valence-electron chi connectivity index (χ1n) is 8.19. The molecule has 0 N–H and O–H groups in total. The number of aromatic nitrogens is 1. The Labute approximate surface area is 135 Å². The second-order valence-electron chi connectivity index (χ2n) is 6.20. The zero-order valence-corrected chi connectivity index (χ0v) is 13.2. The first-order chi connectivity index (χ1) is 11.2. The third kappa shape index (κ3) is 2.55. The summed E-state index contributed by atoms with van der Waals surface area (Å²) >= 11 is 0. The maximum absolute atomic E-state index is 13.0. The molecule has 5 heteroatoms. The highest BCUT2D eigenvalue weighted by Crippen LogP contribution is 2.31. The van der Waals surface area contributed by atoms with Crippen LogP contribution < -0.4 is 0 Å². The van der Waals surface area contributed by atoms with E-state index in [-0.39, 0.29) is 18.1 Å². The van der Waals surface area contributed by atoms with Crippen LogP contribution in [0.4, 0.5) is 0 Å². The number of morpholine rings is 1. The third-order valence-electron chi connectivity index (χ3n) is 4.76. The van der Waals surface area contributed by atoms with Crippen LogP contribution in [0.2, 0.25) is 0 Å². The zero-order valence-electron chi connectivity index (χ0n) is 13.2. The number of benzene rings is 1. The molecule has 120 valence electrons. The molecule has 1 aromatic carbocycles. The molecule has 1 aromatic heterocycles. The highest BCUT2D eigenvalue weighted by atomic mass is 16.5. The van der Waals surface area contributed by atoms with Crippen LogP contribution in [0.5, 0.6) is 0 Å². The minimum Gasteiger partial charge on any atom is -0.441 e. The van der Waals surface area contributed by atoms with Gasteiger partial charge in [-0.3, -0.25) is 4.79 Å². The Kier molecular flexibility index (Phi) is 3.65. The maximum Gasteiger partial charge on any atom is 0.276 e. The SMILES string of the molecule is Cc1oc(-c2ccccc2)nc1C(=O)N1CCOC2CCCC21. The van der Waals surface area contributed by atoms with Crippen molar-refractivity contribution in [1.82, 2.24) is 9.88 Å². The van der Waals surface area contributed by atoms with Crippen molar-refractivity contribution >= 4 is 5.91 Å². The van der Waals surface area contributed by atoms with E-state index in [1.807, 2.05) is 35.2 Å². The molecular formula is C18H20N2O3. The minimum absolute atomic E-state index is 0.0337. The molecule has 2 atom stereocenters. The largest absolute Gasteiger partial charge is 0.441 e. The van der Waals surface area contributed by atoms with E-state index in [9.17, 15) is 4.79 Å². The smallest absolute Gasteiger partial charge is 0.276 e. The molecule has 4 rings (SSSR count). The summed E-state index contributed by atoms with van der Waals surface area (Å²) in [6.07, 6.45) is 3.36. The highest BCUT2D eigenvalue weighted by Gasteiger charge is 2.39. The van der Waals surface area contributed by atoms with E-state index in [0.29, 0.717) is 30.5 Å². The first kappa shape index (κ1) is 14.5. The summed E-state index contributed by atoms with van der Waals surface area (Å²) in [5.41, 5.74) is 1.31. The Morgan fingerprint density at radius 3 is 2.91 bits per heavy atom. The molecule has 1 saturated heterocycles. The van der Waals surface area contributed by atoms with E-state index >= 15 is 0 Å². The van der Waals surface area contributed by atoms with Crippen LogP contribution in [0, 0.1) is 6.92 Å². The summed E-state index contributed by atoms with van der Waals surface area (Å²) in [5, 5.41) is 0. The minimum atomic E-state index is -0.0337. The van der Waals surface area contributed by atoms with Gasteiger partial charge in [0.25, 0.3) is 5.91 Å². The molecule has 5 nitrogen and oxygen atoms in total. The van der Waals surface area contributed by atoms with Gasteiger partial charge in [0.15, 0.2) is 5.69 Å². The predicted octanol–water partition coefficient (Wildman–Crippen LogP) is 3.04. The molecule has 1 aliphatic carbocycles. The summed E-state index contributed by atoms with van der Waals surface area (Å²) in [4.78, 5) is 19.4. The Hall–Kier alpha value is -2.14. The average molecular weight is 312 g/mol. The van der Waals surface area contributed by atoms with Crippen LogP contribution in [-0.4, -0.2) is 41.1 Å². The number of hydrogen-bond acceptors (Lipinski definition) is 4. The number of carbonyl (C=O) groups is 1. The van der Waals surface area contributed by atoms with Crippen LogP contribution in [0.15, 0.2) is 34.7 Å². The monoisotopic (exact) mass is 312 g/mol. The zero-order chi connectivity index (χ0) is 15.8. The average Bonchev–Trinajstić information content (AvgIpc) is 3.21. The fourth-order valence-corrected chi connectivity index (χ4v) is 3.61. The van der Waals surface area contributed by atoms with Crippen molar-refractivity contribution in [2.24, 2.45) is 0 Å². The van der Waals surface area contributed by atoms with Gasteiger partial charge in [-0.2, -0.15) is 0 Å². The number of fused-ring (bicyclic) bond motifs is 1. The van der Waals surface area contributed by atoms with Crippen molar-refractivity contribution in [2.75, 3.05) is 13.2 Å². The standard InChI is InChI=1S/C18H20N2O3/c1-12-16(19-17(23-12)13-6-3-2-4-7-13)18(21)20-10-11-22-15-9-5-8-14(15)20/h2-4,6-7,14-15H,5,8-11H2,1H3. The summed E-state index contributed by atoms with van der Waals surface area (Å²) in [5.74, 6) is 1.05. The number of rotatable bonds is 2. The maximum atomic E-state index is 13.0. The van der Waals surface area contributed by atoms with Gasteiger partial charge in [0.05, 0.1) is 18.8 Å². The van der Waals surface area contributed by atoms with Gasteiger partial charge in [-0.15, -0.1) is 0 Å². The van der Waals surface area contributed by atoms with Crippen LogP contribution in [-0.2, 0) is 4.74 Å². The number of nitrogens with zero attached hydrogens (tertiary/aromatic N) is 2. The number of aryl methyl sites for hydroxylation is 1. The Morgan fingerprint density at radius 2 is 2.09 bits per heavy atom. The molecule has 1 amide bonds. The summed E-state index contributed by atoms with van der Waals surface area (Å²) < 4.78 is 11.5. The fourth-order valence-electron chi connectivity index (χ4n) is 3.61. The second kappa shape index (κ2) is 5.81. The van der Waals surface area contributed by atoms with Gasteiger partial charge in [-0.1, -0.05) is 18.2 Å². The number of amides is 1. The fraction of sp³-hybridized carbons (Fsp3) is 0.444. The van der Waals surface area contributed by atoms with E-state index in [4.69, 9.17) is 9.15 Å². The van der Waals surface area contributed by atoms with Gasteiger partial charge in [-0.25, -0.2) is 4.98 Å². The van der Waals surface area contributed by atoms with Crippen LogP contribution in [0.25, 0.3) is 11.5 Å². The molecule has 2 aromatic rings. The van der Waals surface area contributed by atoms with Crippen molar-refractivity contribution in [2.45, 2.75) is 38.3 Å². The van der Waals surface area contributed by atoms with E-state index in [0.717, 1.165) is 24.8 Å². The molecule has 0 spiro atoms. The van der Waals surface area contributed by atoms with Crippen LogP contribution in [0.1, 0.15) is 35.5 Å². The van der Waals surface area contributed by atoms with E-state index in [2.05, 4.69) is 4.98 Å². The number of hydrogen-bond donors (Lipinski definition) is 0. The quantitative estimate of drug-likeness (QED) is 0.855. The van der Waals surface area contributed by atoms with E-state index < -0.39 is 0 Å². The number of carbonyl (C=O) groups excluding carboxylic acids is 1. The van der Waals surface area contributed by atoms with Crippen molar-refractivity contribution in [3.63, 3.8) is 0 Å². The summed E-state index contributed by atoms with van der Waals surface area (Å²) in [6, 6.07) is 9.86. The number of ether oxygens (including phenoxy) is 1. The van der Waals surface area contributed by atoms with Gasteiger partial charge >= 0.3 is 0 Å². The van der Waals surface area contributed by atoms with Gasteiger partial charge in [0, 0.05) is 12.1 Å². The molecular weight excluding hydrogens is 292 g/mol. The highest BCUT2D eigenvalue weighted by molar-refractivity contribution is 5.94. The molecule has 1 saturated carbocycles. The Morgan fingerprint density at radius 1 is 1.26 bits per heavy atom. The second-order valence-corrected chi connectivity index (χ2v) is 6.20. The molecule has 2 fully saturated rings. The van der Waals surface area contributed by atoms with Crippen molar-refractivity contribution < 1.29 is 13.9 Å². The third-order valence-corrected chi connectivity index (χ3v) is 4.76. The van der Waals surface area contributed by atoms with Crippen LogP contribution >= 0.6 is 0 Å². The molecule has 2 heterocycles. The molecule has 23 heavy (non-hydrogen) atoms. The molecule has 0 radical (unpaired) electrons. The molecule has 2 aliphatic rings. The predicted molar refractivity (Wildman–Crippen MR) is 85.1 cm³/mol. The van der Waals surface area contributed by atoms with E-state index in [1.165, 1.54) is 0 Å². The Balaban J connectivity index is 1.62. The molecule has 2 unspecified atom stereocenters. The van der Waals surface area contributed by atoms with Gasteiger partial charge in [-0.05, 0) is 38.3 Å². The normalized spacial score (nSPS) is 23.8. The lowest BCUT2D eigenvalue weighted by molar-refractivity contribution is -0.0447. The lowest BCUT2D eigenvalue weighted by Gasteiger charge is -2.37. The topological polar surface area (TPSA) is 55.6 Å². The Bertz CT molecular complexity index is 710. The van der Waals surface area contributed by atoms with Gasteiger partial charge < -0.3 is 14.1 Å². The number of oxazole rings is 1. The lowest BCUT2D eigenvalue weighted by atomic mass is 10.1. The first-order valence-corrected chi connectivity index (χ1v) is 8.19. The summed E-state index contributed by atoms with van der Waals surface area (Å²) in [6.45, 7) is 3.04. The summed E-state index contributed by atoms with van der Waals surface area (Å²) in [7, 11) is 0. The van der Waals surface area contributed by atoms with Crippen molar-refractivity contribution in [1.29, 1.82) is 0 Å². The van der Waals surface area contributed by atoms with Gasteiger partial charge in [0.1, 0.15) is 5.76 Å². The molecule has 0 bridgehead atoms. The van der Waals surface area contributed by atoms with Crippen molar-refractivity contribution in [3.05, 3.63) is 41.8 Å². The van der Waals surface area contributed by atoms with Crippen molar-refractivity contribution in [3.8, 4) is 11.5 Å².